The minimum absolute atomic E-state index is 0. The summed E-state index contributed by atoms with van der Waals surface area (Å²) < 4.78 is 39.4. The molecule has 0 amide bonds. The van der Waals surface area contributed by atoms with Gasteiger partial charge in [0.2, 0.25) is 0 Å². The number of carbonyl (C=O) groups is 1. The van der Waals surface area contributed by atoms with Crippen LogP contribution in [0.3, 0.4) is 0 Å². The molecule has 5 saturated heterocycles. The van der Waals surface area contributed by atoms with Gasteiger partial charge >= 0.3 is 5.97 Å². The Morgan fingerprint density at radius 2 is 1.71 bits per heavy atom. The van der Waals surface area contributed by atoms with Crippen LogP contribution in [0.2, 0.25) is 0 Å². The van der Waals surface area contributed by atoms with Gasteiger partial charge in [0.05, 0.1) is 66.5 Å². The molecule has 0 aromatic heterocycles. The largest absolute Gasteiger partial charge is 0.481 e. The number of carboxylic acids is 1. The van der Waals surface area contributed by atoms with Gasteiger partial charge in [-0.3, -0.25) is 4.79 Å². The third-order valence-corrected chi connectivity index (χ3v) is 13.0. The number of carboxylic acid groups (broad SMARTS) is 1. The summed E-state index contributed by atoms with van der Waals surface area (Å²) in [6.07, 6.45) is 2.99. The van der Waals surface area contributed by atoms with Crippen molar-refractivity contribution < 1.29 is 59.1 Å². The first kappa shape index (κ1) is 39.8. The predicted octanol–water partition coefficient (Wildman–Crippen LogP) is 3.45. The van der Waals surface area contributed by atoms with E-state index in [4.69, 9.17) is 28.4 Å². The van der Waals surface area contributed by atoms with Gasteiger partial charge in [0.25, 0.3) is 0 Å². The molecule has 5 aliphatic heterocycles. The number of methoxy groups -OCH3 is 1. The van der Waals surface area contributed by atoms with Crippen molar-refractivity contribution in [2.24, 2.45) is 35.5 Å². The van der Waals surface area contributed by atoms with Crippen LogP contribution < -0.4 is 0 Å². The summed E-state index contributed by atoms with van der Waals surface area (Å²) in [6.45, 7) is 15.6. The van der Waals surface area contributed by atoms with Gasteiger partial charge in [-0.15, -0.1) is 0 Å². The van der Waals surface area contributed by atoms with Crippen molar-refractivity contribution >= 4 is 5.97 Å². The number of aliphatic hydroxyl groups excluding tert-OH is 2. The monoisotopic (exact) mass is 688 g/mol. The predicted molar refractivity (Wildman–Crippen MR) is 176 cm³/mol. The van der Waals surface area contributed by atoms with Gasteiger partial charge < -0.3 is 54.3 Å². The fourth-order valence-electron chi connectivity index (χ4n) is 9.91. The Bertz CT molecular complexity index is 1110. The van der Waals surface area contributed by atoms with Crippen LogP contribution in [-0.4, -0.2) is 111 Å². The van der Waals surface area contributed by atoms with Gasteiger partial charge in [-0.1, -0.05) is 41.5 Å². The second kappa shape index (κ2) is 14.6. The SMILES string of the molecule is CC[C@@]1(C2O[C@@H]([C@H]3O[C@@](O)(CO)[C@@H](C)C[C@H]3C)C[C@H]2C)CC[C@H]([C@]2(C)CC[C@]3(C[C@H](O)[C@@H](C)[C@@H]([C@H](C)[C@@H](OC)[C@H](C)C(=O)O)O3)O2)O1.O. The number of rotatable bonds is 10. The number of aliphatic carboxylic acids is 1. The van der Waals surface area contributed by atoms with Crippen molar-refractivity contribution in [2.75, 3.05) is 13.7 Å². The highest BCUT2D eigenvalue weighted by atomic mass is 16.7. The zero-order valence-electron chi connectivity index (χ0n) is 30.5. The van der Waals surface area contributed by atoms with E-state index in [1.165, 1.54) is 7.11 Å². The molecular weight excluding hydrogens is 624 g/mol. The number of hydrogen-bond acceptors (Lipinski definition) is 10. The molecule has 48 heavy (non-hydrogen) atoms. The van der Waals surface area contributed by atoms with Crippen LogP contribution >= 0.6 is 0 Å². The third-order valence-electron chi connectivity index (χ3n) is 13.0. The van der Waals surface area contributed by atoms with Gasteiger partial charge in [0, 0.05) is 37.7 Å². The van der Waals surface area contributed by atoms with Crippen LogP contribution in [-0.2, 0) is 33.2 Å². The molecule has 0 aliphatic carbocycles. The maximum absolute atomic E-state index is 11.8. The molecule has 0 saturated carbocycles. The van der Waals surface area contributed by atoms with Crippen LogP contribution in [0, 0.1) is 35.5 Å². The summed E-state index contributed by atoms with van der Waals surface area (Å²) in [5.74, 6) is -4.52. The van der Waals surface area contributed by atoms with Crippen molar-refractivity contribution in [3.8, 4) is 0 Å². The number of ether oxygens (including phenoxy) is 6. The van der Waals surface area contributed by atoms with Gasteiger partial charge in [0.15, 0.2) is 11.6 Å². The third kappa shape index (κ3) is 6.97. The van der Waals surface area contributed by atoms with E-state index < -0.39 is 59.6 Å². The molecule has 17 atom stereocenters. The normalized spacial score (nSPS) is 49.8. The molecule has 1 spiro atoms. The summed E-state index contributed by atoms with van der Waals surface area (Å²) in [7, 11) is 1.52. The quantitative estimate of drug-likeness (QED) is 0.264. The molecule has 12 nitrogen and oxygen atoms in total. The molecule has 1 unspecified atom stereocenters. The van der Waals surface area contributed by atoms with E-state index in [1.807, 2.05) is 20.8 Å². The van der Waals surface area contributed by atoms with E-state index >= 15 is 0 Å². The van der Waals surface area contributed by atoms with Crippen molar-refractivity contribution in [2.45, 2.75) is 172 Å². The molecule has 6 N–H and O–H groups in total. The maximum atomic E-state index is 11.8. The average molecular weight is 689 g/mol. The van der Waals surface area contributed by atoms with Gasteiger partial charge in [-0.25, -0.2) is 0 Å². The Morgan fingerprint density at radius 3 is 2.31 bits per heavy atom. The number of hydrogen-bond donors (Lipinski definition) is 4. The Morgan fingerprint density at radius 1 is 1.02 bits per heavy atom. The van der Waals surface area contributed by atoms with Gasteiger partial charge in [-0.2, -0.15) is 0 Å². The molecule has 5 heterocycles. The van der Waals surface area contributed by atoms with Crippen molar-refractivity contribution in [1.29, 1.82) is 0 Å². The molecule has 0 aromatic carbocycles. The topological polar surface area (TPSA) is 185 Å². The highest BCUT2D eigenvalue weighted by molar-refractivity contribution is 5.70. The van der Waals surface area contributed by atoms with E-state index in [9.17, 15) is 25.2 Å². The maximum Gasteiger partial charge on any atom is 0.308 e. The van der Waals surface area contributed by atoms with Crippen LogP contribution in [0.5, 0.6) is 0 Å². The number of aliphatic hydroxyl groups is 3. The van der Waals surface area contributed by atoms with Crippen molar-refractivity contribution in [3.05, 3.63) is 0 Å². The lowest BCUT2D eigenvalue weighted by Gasteiger charge is -2.49. The molecular formula is C36H64O12. The van der Waals surface area contributed by atoms with E-state index in [0.29, 0.717) is 19.3 Å². The van der Waals surface area contributed by atoms with Crippen molar-refractivity contribution in [3.63, 3.8) is 0 Å². The van der Waals surface area contributed by atoms with E-state index in [0.717, 1.165) is 32.1 Å². The van der Waals surface area contributed by atoms with E-state index in [2.05, 4.69) is 27.7 Å². The van der Waals surface area contributed by atoms with Crippen LogP contribution in [0.15, 0.2) is 0 Å². The summed E-state index contributed by atoms with van der Waals surface area (Å²) >= 11 is 0. The van der Waals surface area contributed by atoms with Gasteiger partial charge in [0.1, 0.15) is 0 Å². The Kier molecular flexibility index (Phi) is 12.1. The lowest BCUT2D eigenvalue weighted by Crippen LogP contribution is -2.57. The molecule has 5 aliphatic rings. The fourth-order valence-corrected chi connectivity index (χ4v) is 9.91. The minimum Gasteiger partial charge on any atom is -0.481 e. The lowest BCUT2D eigenvalue weighted by molar-refractivity contribution is -0.336. The Labute approximate surface area is 286 Å². The Hall–Kier alpha value is -0.930. The summed E-state index contributed by atoms with van der Waals surface area (Å²) in [5, 5.41) is 41.8. The average Bonchev–Trinajstić information content (AvgIpc) is 3.73. The minimum atomic E-state index is -1.56. The molecule has 5 rings (SSSR count). The highest BCUT2D eigenvalue weighted by Crippen LogP contribution is 2.55. The Balaban J connectivity index is 0.00000520. The van der Waals surface area contributed by atoms with E-state index in [1.54, 1.807) is 6.92 Å². The molecule has 0 radical (unpaired) electrons. The first-order chi connectivity index (χ1) is 22.0. The second-order valence-electron chi connectivity index (χ2n) is 16.3. The smallest absolute Gasteiger partial charge is 0.308 e. The van der Waals surface area contributed by atoms with Crippen molar-refractivity contribution in [1.82, 2.24) is 0 Å². The molecule has 0 bridgehead atoms. The first-order valence-corrected chi connectivity index (χ1v) is 18.1. The molecule has 0 aromatic rings. The zero-order chi connectivity index (χ0) is 34.7. The second-order valence-corrected chi connectivity index (χ2v) is 16.3. The molecule has 280 valence electrons. The summed E-state index contributed by atoms with van der Waals surface area (Å²) in [5.41, 5.74) is -1.15. The zero-order valence-corrected chi connectivity index (χ0v) is 30.5. The van der Waals surface area contributed by atoms with Gasteiger partial charge in [-0.05, 0) is 64.2 Å². The van der Waals surface area contributed by atoms with Crippen LogP contribution in [0.1, 0.15) is 107 Å². The molecule has 5 fully saturated rings. The van der Waals surface area contributed by atoms with E-state index in [-0.39, 0.29) is 59.5 Å². The standard InChI is InChI=1S/C36H62O11.H2O/c1-10-34(31-20(3)16-26(43-31)28-19(2)15-21(4)36(41,18-37)46-28)12-11-27(44-34)33(8)13-14-35(47-33)17-25(38)22(5)30(45-35)23(6)29(42-9)24(7)32(39)40;/h19-31,37-38,41H,10-18H2,1-9H3,(H,39,40);1H2/t19-,20-,21+,22-,23-,24+,25+,26-,27-,28+,29-,30+,31?,33+,34+,35-,36+;/m1./s1. The summed E-state index contributed by atoms with van der Waals surface area (Å²) in [4.78, 5) is 11.8. The lowest BCUT2D eigenvalue weighted by atomic mass is 9.78. The summed E-state index contributed by atoms with van der Waals surface area (Å²) in [6, 6.07) is 0. The van der Waals surface area contributed by atoms with Crippen LogP contribution in [0.4, 0.5) is 0 Å². The first-order valence-electron chi connectivity index (χ1n) is 18.1. The highest BCUT2D eigenvalue weighted by Gasteiger charge is 2.62. The molecule has 12 heteroatoms. The fraction of sp³-hybridized carbons (Fsp3) is 0.972. The van der Waals surface area contributed by atoms with Crippen LogP contribution in [0.25, 0.3) is 0 Å².